The van der Waals surface area contributed by atoms with Gasteiger partial charge < -0.3 is 11.8 Å². The molecular formula is CH4N3-. The Labute approximate surface area is 24.8 Å². The van der Waals surface area contributed by atoms with Gasteiger partial charge in [0.1, 0.15) is 0 Å². The molecule has 0 unspecified atom stereocenters. The molecule has 0 aliphatic heterocycles. The molecule has 0 spiro atoms. The zero-order chi connectivity index (χ0) is 4.00. The van der Waals surface area contributed by atoms with E-state index in [0.29, 0.717) is 0 Å². The molecule has 0 rings (SSSR count). The lowest BCUT2D eigenvalue weighted by Gasteiger charge is -1.27. The Bertz CT molecular complexity index is 8.00. The molecule has 3 heteroatoms. The van der Waals surface area contributed by atoms with Gasteiger partial charge in [0.15, 0.2) is 0 Å². The fourth-order valence-corrected chi connectivity index (χ4v) is 0. The summed E-state index contributed by atoms with van der Waals surface area (Å²) in [5.41, 5.74) is 0. The van der Waals surface area contributed by atoms with Crippen LogP contribution in [-0.2, 0) is 0 Å². The second-order valence-electron chi connectivity index (χ2n) is 0. The van der Waals surface area contributed by atoms with Gasteiger partial charge in [-0.15, -0.1) is 0 Å². The van der Waals surface area contributed by atoms with Crippen LogP contribution in [-0.4, -0.2) is 0 Å². The van der Waals surface area contributed by atoms with E-state index >= 15 is 0 Å². The summed E-state index contributed by atoms with van der Waals surface area (Å²) in [5, 5.41) is 6.25. The van der Waals surface area contributed by atoms with Gasteiger partial charge in [-0.05, 0) is 0 Å². The summed E-state index contributed by atoms with van der Waals surface area (Å²) in [4.78, 5) is 0. The number of rotatable bonds is 0. The number of nitrogens with zero attached hydrogens (tertiary/aromatic N) is 1. The smallest absolute Gasteiger partial charge is 0.274 e. The van der Waals surface area contributed by atoms with Gasteiger partial charge in [-0.25, -0.2) is 0 Å². The predicted octanol–water partition coefficient (Wildman–Crippen LogP) is -1.08. The predicted molar refractivity (Wildman–Crippen MR) is 13.3 cm³/mol. The average Bonchev–Trinajstić information content (AvgIpc) is 1.50. The number of hydrogen-bond acceptors (Lipinski definition) is 3. The van der Waals surface area contributed by atoms with Gasteiger partial charge in [-0.1, -0.05) is 0 Å². The van der Waals surface area contributed by atoms with Crippen LogP contribution < -0.4 is 11.7 Å². The van der Waals surface area contributed by atoms with E-state index in [1.807, 2.05) is 0 Å². The Hall–Kier alpha value is -0.590. The Kier molecular flexibility index (Phi) is 34.3. The Morgan fingerprint density at radius 2 is 1.25 bits per heavy atom. The maximum Gasteiger partial charge on any atom is -0.274 e. The summed E-state index contributed by atoms with van der Waals surface area (Å²) in [6.45, 7) is 4.75. The molecule has 4 N–H and O–H groups in total. The van der Waals surface area contributed by atoms with Crippen molar-refractivity contribution in [3.8, 4) is 0 Å². The molecular weight excluding hydrogens is 54.0 g/mol. The summed E-state index contributed by atoms with van der Waals surface area (Å²) < 4.78 is 0. The monoisotopic (exact) mass is 58.0 g/mol. The van der Waals surface area contributed by atoms with Gasteiger partial charge in [0.25, 0.3) is 0 Å². The Morgan fingerprint density at radius 1 is 1.25 bits per heavy atom. The third-order valence-electron chi connectivity index (χ3n) is 0. The molecule has 0 atom stereocenters. The van der Waals surface area contributed by atoms with E-state index in [2.05, 4.69) is 11.7 Å². The fourth-order valence-electron chi connectivity index (χ4n) is 0. The van der Waals surface area contributed by atoms with E-state index in [1.165, 1.54) is 0 Å². The van der Waals surface area contributed by atoms with Crippen LogP contribution in [0.4, 0.5) is 0 Å². The van der Waals surface area contributed by atoms with E-state index in [9.17, 15) is 0 Å². The Balaban J connectivity index is 0. The van der Waals surface area contributed by atoms with Gasteiger partial charge in [0, 0.05) is 0 Å². The number of nitrogens with two attached hydrogens (primary N) is 2. The summed E-state index contributed by atoms with van der Waals surface area (Å²) in [6.07, 6.45) is 0. The Morgan fingerprint density at radius 3 is 1.25 bits per heavy atom. The van der Waals surface area contributed by atoms with Crippen LogP contribution in [0.1, 0.15) is 0 Å². The molecule has 0 aromatic heterocycles. The number of hydrogen-bond donors (Lipinski definition) is 2. The highest BCUT2D eigenvalue weighted by Gasteiger charge is 0.726. The van der Waals surface area contributed by atoms with Crippen LogP contribution in [0.5, 0.6) is 0 Å². The molecule has 3 nitrogen and oxygen atoms in total. The van der Waals surface area contributed by atoms with Crippen molar-refractivity contribution < 1.29 is 0 Å². The quantitative estimate of drug-likeness (QED) is 0.211. The molecule has 0 aromatic carbocycles. The topological polar surface area (TPSA) is 75.8 Å². The van der Waals surface area contributed by atoms with Crippen LogP contribution in [0, 0.1) is 11.8 Å². The molecule has 0 heterocycles. The van der Waals surface area contributed by atoms with Gasteiger partial charge in [-0.3, -0.25) is 11.7 Å². The highest BCUT2D eigenvalue weighted by molar-refractivity contribution is 3.44. The largest absolute Gasteiger partial charge is 0.512 e. The summed E-state index contributed by atoms with van der Waals surface area (Å²) in [7, 11) is 0. The van der Waals surface area contributed by atoms with Crippen LogP contribution in [0.3, 0.4) is 0 Å². The summed E-state index contributed by atoms with van der Waals surface area (Å²) in [6, 6.07) is 0. The van der Waals surface area contributed by atoms with Gasteiger partial charge in [0.05, 0.1) is 0 Å². The molecule has 24 valence electrons. The van der Waals surface area contributed by atoms with Crippen molar-refractivity contribution in [2.75, 3.05) is 0 Å². The van der Waals surface area contributed by atoms with Gasteiger partial charge in [0.2, 0.25) is 0 Å². The van der Waals surface area contributed by atoms with E-state index in [4.69, 9.17) is 11.8 Å². The van der Waals surface area contributed by atoms with Crippen molar-refractivity contribution in [3.63, 3.8) is 0 Å². The molecule has 0 fully saturated rings. The summed E-state index contributed by atoms with van der Waals surface area (Å²) >= 11 is 0. The molecule has 0 radical (unpaired) electrons. The first kappa shape index (κ1) is 9.96. The molecule has 0 saturated carbocycles. The van der Waals surface area contributed by atoms with Crippen LogP contribution in [0.2, 0.25) is 0 Å². The minimum Gasteiger partial charge on any atom is -0.512 e. The van der Waals surface area contributed by atoms with Crippen molar-refractivity contribution in [3.05, 3.63) is 6.57 Å². The highest BCUT2D eigenvalue weighted by atomic mass is 15.0. The maximum atomic E-state index is 6.25. The van der Waals surface area contributed by atoms with Crippen molar-refractivity contribution in [1.82, 2.24) is 0 Å². The van der Waals surface area contributed by atoms with E-state index < -0.39 is 0 Å². The molecule has 0 saturated heterocycles. The van der Waals surface area contributed by atoms with Crippen LogP contribution in [0.15, 0.2) is 0 Å². The third-order valence-corrected chi connectivity index (χ3v) is 0. The first-order valence-corrected chi connectivity index (χ1v) is 0.557. The maximum absolute atomic E-state index is 6.25. The number of hydrazine groups is 1. The zero-order valence-corrected chi connectivity index (χ0v) is 2.10. The van der Waals surface area contributed by atoms with E-state index in [0.717, 1.165) is 0 Å². The van der Waals surface area contributed by atoms with E-state index in [1.54, 1.807) is 0 Å². The average molecular weight is 58.1 g/mol. The van der Waals surface area contributed by atoms with Gasteiger partial charge in [-0.2, -0.15) is 0 Å². The van der Waals surface area contributed by atoms with E-state index in [-0.39, 0.29) is 0 Å². The van der Waals surface area contributed by atoms with Crippen molar-refractivity contribution in [1.29, 1.82) is 5.26 Å². The molecule has 0 aromatic rings. The lowest BCUT2D eigenvalue weighted by atomic mass is 11.9. The second-order valence-corrected chi connectivity index (χ2v) is 0. The van der Waals surface area contributed by atoms with Crippen LogP contribution >= 0.6 is 0 Å². The normalized spacial score (nSPS) is 2.00. The second kappa shape index (κ2) is 13.8. The molecule has 0 aliphatic rings. The fraction of sp³-hybridized carbons (Fsp3) is 0. The van der Waals surface area contributed by atoms with Crippen LogP contribution in [0.25, 0.3) is 0 Å². The lowest BCUT2D eigenvalue weighted by Crippen LogP contribution is -2.02. The lowest BCUT2D eigenvalue weighted by molar-refractivity contribution is 1.26. The van der Waals surface area contributed by atoms with Gasteiger partial charge >= 0.3 is 0 Å². The molecule has 0 bridgehead atoms. The third kappa shape index (κ3) is 0.681. The molecule has 4 heavy (non-hydrogen) atoms. The minimum absolute atomic E-state index is 4.00. The first-order valence-electron chi connectivity index (χ1n) is 0.557. The molecule has 0 amide bonds. The highest BCUT2D eigenvalue weighted by Crippen LogP contribution is 0.626. The minimum atomic E-state index is 4.00. The molecule has 0 aliphatic carbocycles. The standard InChI is InChI=1S/CN.H4N2/c2*1-2/h;1-2H2/q-1;. The summed E-state index contributed by atoms with van der Waals surface area (Å²) in [5.74, 6) is 8.00. The first-order chi connectivity index (χ1) is 2.00. The zero-order valence-electron chi connectivity index (χ0n) is 2.10. The SMILES string of the molecule is NN.[C-]#N. The van der Waals surface area contributed by atoms with Crippen molar-refractivity contribution in [2.24, 2.45) is 11.7 Å². The van der Waals surface area contributed by atoms with Crippen molar-refractivity contribution in [2.45, 2.75) is 0 Å². The van der Waals surface area contributed by atoms with Crippen molar-refractivity contribution >= 4 is 0 Å².